The lowest BCUT2D eigenvalue weighted by Gasteiger charge is -2.43. The maximum Gasteiger partial charge on any atom is 0.407 e. The largest absolute Gasteiger partial charge is 0.444 e. The van der Waals surface area contributed by atoms with Crippen molar-refractivity contribution in [3.8, 4) is 0 Å². The molecule has 1 saturated carbocycles. The first-order valence-corrected chi connectivity index (χ1v) is 17.7. The number of hydrogen-bond donors (Lipinski definition) is 7. The molecule has 0 spiro atoms. The Balaban J connectivity index is 1.27. The predicted molar refractivity (Wildman–Crippen MR) is 183 cm³/mol. The molecule has 2 heterocycles. The van der Waals surface area contributed by atoms with Crippen LogP contribution in [0.4, 0.5) is 4.79 Å². The molecule has 1 aliphatic carbocycles. The highest BCUT2D eigenvalue weighted by atomic mass is 16.7. The minimum Gasteiger partial charge on any atom is -0.444 e. The Hall–Kier alpha value is -2.73. The Bertz CT molecular complexity index is 1260. The fraction of sp³-hybridized carbons (Fsp3) is 0.649. The molecule has 10 atom stereocenters. The van der Waals surface area contributed by atoms with E-state index in [2.05, 4.69) is 5.32 Å². The van der Waals surface area contributed by atoms with E-state index in [1.54, 1.807) is 49.9 Å². The minimum absolute atomic E-state index is 0.116. The number of hydrogen-bond acceptors (Lipinski definition) is 13. The van der Waals surface area contributed by atoms with Crippen LogP contribution in [0.15, 0.2) is 60.7 Å². The van der Waals surface area contributed by atoms with E-state index in [-0.39, 0.29) is 38.4 Å². The van der Waals surface area contributed by atoms with E-state index in [1.807, 2.05) is 36.4 Å². The molecule has 0 bridgehead atoms. The minimum atomic E-state index is -1.53. The maximum atomic E-state index is 12.4. The van der Waals surface area contributed by atoms with Gasteiger partial charge in [-0.15, -0.1) is 0 Å². The van der Waals surface area contributed by atoms with E-state index in [4.69, 9.17) is 23.7 Å². The number of ether oxygens (including phenoxy) is 5. The molecule has 7 N–H and O–H groups in total. The smallest absolute Gasteiger partial charge is 0.407 e. The van der Waals surface area contributed by atoms with Gasteiger partial charge in [-0.1, -0.05) is 60.7 Å². The summed E-state index contributed by atoms with van der Waals surface area (Å²) in [6.45, 7) is 4.85. The third-order valence-electron chi connectivity index (χ3n) is 9.54. The Morgan fingerprint density at radius 3 is 1.61 bits per heavy atom. The normalized spacial score (nSPS) is 31.3. The zero-order chi connectivity index (χ0) is 36.7. The SMILES string of the molecule is CC(C)(C)OC(=O)NC1CCC(N(C[C@H](O)[C@@H](O)[C@@H]2O[C@H](c3ccccc3)OC[C@H]2O)C[C@H](O)[C@@H](O)[C@@H]2O[C@H](c3ccccc3)OC[C@H]2O)CC1. The highest BCUT2D eigenvalue weighted by Gasteiger charge is 2.43. The molecule has 14 heteroatoms. The summed E-state index contributed by atoms with van der Waals surface area (Å²) >= 11 is 0. The van der Waals surface area contributed by atoms with Crippen molar-refractivity contribution in [1.29, 1.82) is 0 Å². The van der Waals surface area contributed by atoms with E-state index < -0.39 is 73.1 Å². The van der Waals surface area contributed by atoms with Gasteiger partial charge in [-0.3, -0.25) is 4.90 Å². The molecule has 2 saturated heterocycles. The number of nitrogens with one attached hydrogen (secondary N) is 1. The molecular formula is C37H54N2O12. The van der Waals surface area contributed by atoms with E-state index in [0.29, 0.717) is 36.8 Å². The molecule has 51 heavy (non-hydrogen) atoms. The van der Waals surface area contributed by atoms with Crippen molar-refractivity contribution in [1.82, 2.24) is 10.2 Å². The molecule has 2 aliphatic heterocycles. The first-order chi connectivity index (χ1) is 24.3. The topological polar surface area (TPSA) is 200 Å². The molecule has 3 fully saturated rings. The molecule has 2 aromatic carbocycles. The maximum absolute atomic E-state index is 12.4. The van der Waals surface area contributed by atoms with Gasteiger partial charge in [0, 0.05) is 36.3 Å². The van der Waals surface area contributed by atoms with E-state index in [0.717, 1.165) is 0 Å². The highest BCUT2D eigenvalue weighted by Crippen LogP contribution is 2.32. The van der Waals surface area contributed by atoms with Gasteiger partial charge in [0.1, 0.15) is 42.2 Å². The average Bonchev–Trinajstić information content (AvgIpc) is 3.11. The number of benzene rings is 2. The molecule has 284 valence electrons. The number of amides is 1. The van der Waals surface area contributed by atoms with Gasteiger partial charge < -0.3 is 59.6 Å². The summed E-state index contributed by atoms with van der Waals surface area (Å²) in [5, 5.41) is 69.8. The number of alkyl carbamates (subject to hydrolysis) is 1. The van der Waals surface area contributed by atoms with Crippen molar-refractivity contribution in [3.05, 3.63) is 71.8 Å². The molecule has 3 aliphatic rings. The second-order valence-corrected chi connectivity index (χ2v) is 14.7. The second-order valence-electron chi connectivity index (χ2n) is 14.7. The molecule has 5 rings (SSSR count). The van der Waals surface area contributed by atoms with E-state index in [9.17, 15) is 35.4 Å². The molecule has 0 aromatic heterocycles. The Morgan fingerprint density at radius 2 is 1.20 bits per heavy atom. The summed E-state index contributed by atoms with van der Waals surface area (Å²) in [6.07, 6.45) is -10.6. The van der Waals surface area contributed by atoms with E-state index >= 15 is 0 Å². The summed E-state index contributed by atoms with van der Waals surface area (Å²) in [5.41, 5.74) is 0.745. The van der Waals surface area contributed by atoms with Crippen LogP contribution in [0, 0.1) is 0 Å². The number of carbonyl (C=O) groups is 1. The number of nitrogens with zero attached hydrogens (tertiary/aromatic N) is 1. The molecule has 2 aromatic rings. The molecular weight excluding hydrogens is 664 g/mol. The fourth-order valence-corrected chi connectivity index (χ4v) is 6.86. The third-order valence-corrected chi connectivity index (χ3v) is 9.54. The standard InChI is InChI=1S/C37H54N2O12/c1-37(2,3)51-36(46)38-24-14-16-25(17-15-24)39(18-26(40)30(44)32-28(42)20-47-34(49-32)22-10-6-4-7-11-22)19-27(41)31(45)33-29(43)21-48-35(50-33)23-12-8-5-9-13-23/h4-13,24-35,40-45H,14-21H2,1-3H3,(H,38,46)/t24?,25?,26-,27-,28+,29+,30+,31+,32+,33+,34+,35+/m0/s1. The number of rotatable bonds is 12. The quantitative estimate of drug-likeness (QED) is 0.167. The summed E-state index contributed by atoms with van der Waals surface area (Å²) in [6, 6.07) is 17.8. The van der Waals surface area contributed by atoms with Gasteiger partial charge in [0.25, 0.3) is 0 Å². The van der Waals surface area contributed by atoms with Crippen molar-refractivity contribution in [2.45, 2.75) is 126 Å². The van der Waals surface area contributed by atoms with Gasteiger partial charge in [0.05, 0.1) is 25.4 Å². The van der Waals surface area contributed by atoms with Crippen molar-refractivity contribution in [3.63, 3.8) is 0 Å². The van der Waals surface area contributed by atoms with Crippen LogP contribution < -0.4 is 5.32 Å². The molecule has 0 radical (unpaired) electrons. The fourth-order valence-electron chi connectivity index (χ4n) is 6.86. The van der Waals surface area contributed by atoms with Crippen molar-refractivity contribution >= 4 is 6.09 Å². The van der Waals surface area contributed by atoms with Gasteiger partial charge in [-0.2, -0.15) is 0 Å². The number of aliphatic hydroxyl groups excluding tert-OH is 6. The average molecular weight is 719 g/mol. The first-order valence-electron chi connectivity index (χ1n) is 17.7. The summed E-state index contributed by atoms with van der Waals surface area (Å²) in [7, 11) is 0. The van der Waals surface area contributed by atoms with Crippen LogP contribution >= 0.6 is 0 Å². The summed E-state index contributed by atoms with van der Waals surface area (Å²) in [4.78, 5) is 14.2. The molecule has 0 unspecified atom stereocenters. The number of aliphatic hydroxyl groups is 6. The summed E-state index contributed by atoms with van der Waals surface area (Å²) < 4.78 is 28.6. The van der Waals surface area contributed by atoms with Gasteiger partial charge in [0.15, 0.2) is 12.6 Å². The van der Waals surface area contributed by atoms with Crippen molar-refractivity contribution in [2.24, 2.45) is 0 Å². The van der Waals surface area contributed by atoms with Crippen LogP contribution in [-0.4, -0.2) is 134 Å². The van der Waals surface area contributed by atoms with Crippen LogP contribution in [0.25, 0.3) is 0 Å². The van der Waals surface area contributed by atoms with Gasteiger partial charge in [-0.05, 0) is 46.5 Å². The number of carbonyl (C=O) groups excluding carboxylic acids is 1. The third kappa shape index (κ3) is 10.9. The van der Waals surface area contributed by atoms with Crippen LogP contribution in [0.2, 0.25) is 0 Å². The van der Waals surface area contributed by atoms with Crippen LogP contribution in [-0.2, 0) is 23.7 Å². The van der Waals surface area contributed by atoms with Crippen LogP contribution in [0.3, 0.4) is 0 Å². The lowest BCUT2D eigenvalue weighted by Crippen LogP contribution is -2.58. The lowest BCUT2D eigenvalue weighted by molar-refractivity contribution is -0.285. The van der Waals surface area contributed by atoms with Crippen LogP contribution in [0.5, 0.6) is 0 Å². The second kappa shape index (κ2) is 17.9. The van der Waals surface area contributed by atoms with Gasteiger partial charge in [0.2, 0.25) is 0 Å². The molecule has 1 amide bonds. The Labute approximate surface area is 298 Å². The Morgan fingerprint density at radius 1 is 0.765 bits per heavy atom. The lowest BCUT2D eigenvalue weighted by atomic mass is 9.89. The van der Waals surface area contributed by atoms with Gasteiger partial charge in [-0.25, -0.2) is 4.79 Å². The van der Waals surface area contributed by atoms with Crippen molar-refractivity contribution in [2.75, 3.05) is 26.3 Å². The predicted octanol–water partition coefficient (Wildman–Crippen LogP) is 1.52. The zero-order valence-electron chi connectivity index (χ0n) is 29.4. The first kappa shape index (κ1) is 39.5. The van der Waals surface area contributed by atoms with Gasteiger partial charge >= 0.3 is 6.09 Å². The van der Waals surface area contributed by atoms with E-state index in [1.165, 1.54) is 0 Å². The van der Waals surface area contributed by atoms with Crippen molar-refractivity contribution < 1.29 is 59.1 Å². The Kier molecular flexibility index (Phi) is 13.8. The molecule has 14 nitrogen and oxygen atoms in total. The zero-order valence-corrected chi connectivity index (χ0v) is 29.4. The highest BCUT2D eigenvalue weighted by molar-refractivity contribution is 5.68. The van der Waals surface area contributed by atoms with Crippen LogP contribution in [0.1, 0.15) is 70.2 Å². The monoisotopic (exact) mass is 718 g/mol. The summed E-state index contributed by atoms with van der Waals surface area (Å²) in [5.74, 6) is 0.